The molecule has 1 aliphatic heterocycles. The van der Waals surface area contributed by atoms with Crippen molar-refractivity contribution in [3.8, 4) is 11.5 Å². The zero-order valence-corrected chi connectivity index (χ0v) is 29.4. The molecular formula is C33H24F26O. The van der Waals surface area contributed by atoms with Crippen LogP contribution in [0, 0.1) is 0 Å². The van der Waals surface area contributed by atoms with E-state index in [1.54, 1.807) is 0 Å². The van der Waals surface area contributed by atoms with E-state index in [1.165, 1.54) is 13.8 Å². The lowest BCUT2D eigenvalue weighted by Gasteiger charge is -2.39. The highest BCUT2D eigenvalue weighted by Crippen LogP contribution is 2.62. The Hall–Kier alpha value is -3.58. The van der Waals surface area contributed by atoms with Crippen LogP contribution in [0.5, 0.6) is 11.5 Å². The number of hydrogen-bond acceptors (Lipinski definition) is 1. The van der Waals surface area contributed by atoms with Crippen LogP contribution in [0.1, 0.15) is 61.8 Å². The Bertz CT molecular complexity index is 1740. The van der Waals surface area contributed by atoms with Gasteiger partial charge in [0.25, 0.3) is 0 Å². The van der Waals surface area contributed by atoms with Crippen molar-refractivity contribution in [2.24, 2.45) is 0 Å². The van der Waals surface area contributed by atoms with E-state index in [-0.39, 0.29) is 33.8 Å². The summed E-state index contributed by atoms with van der Waals surface area (Å²) in [6.07, 6.45) is -24.4. The summed E-state index contributed by atoms with van der Waals surface area (Å²) in [6.45, 7) is 2.75. The van der Waals surface area contributed by atoms with Gasteiger partial charge in [-0.2, -0.15) is 114 Å². The number of rotatable bonds is 16. The molecule has 1 heterocycles. The average molecular weight is 931 g/mol. The highest BCUT2D eigenvalue weighted by atomic mass is 19.4. The minimum atomic E-state index is -8.07. The van der Waals surface area contributed by atoms with Gasteiger partial charge in [0, 0.05) is 29.4 Å². The summed E-state index contributed by atoms with van der Waals surface area (Å²) in [4.78, 5) is 0. The molecule has 0 aromatic heterocycles. The minimum absolute atomic E-state index is 0.0379. The van der Waals surface area contributed by atoms with Crippen molar-refractivity contribution in [3.05, 3.63) is 58.7 Å². The predicted octanol–water partition coefficient (Wildman–Crippen LogP) is 14.2. The summed E-state index contributed by atoms with van der Waals surface area (Å²) >= 11 is 0. The maximum absolute atomic E-state index is 14.3. The molecule has 60 heavy (non-hydrogen) atoms. The van der Waals surface area contributed by atoms with Gasteiger partial charge in [0.15, 0.2) is 0 Å². The molecule has 0 amide bonds. The number of alkyl halides is 26. The van der Waals surface area contributed by atoms with E-state index >= 15 is 0 Å². The van der Waals surface area contributed by atoms with Crippen LogP contribution in [0.15, 0.2) is 36.4 Å². The van der Waals surface area contributed by atoms with Gasteiger partial charge in [-0.15, -0.1) is 0 Å². The summed E-state index contributed by atoms with van der Waals surface area (Å²) in [6, 6.07) is 6.59. The SMILES string of the molecule is CC1(C)c2cc(CCCC(F)(F)C(F)(F)C(F)(F)C(F)(F)C(F)(F)C(F)(F)F)ccc2Oc2ccc(CCCC(F)(F)C(F)(F)C(F)(F)C(F)(F)C(F)(F)C(F)(F)F)cc21. The first kappa shape index (κ1) is 50.8. The van der Waals surface area contributed by atoms with Gasteiger partial charge in [-0.3, -0.25) is 0 Å². The molecule has 3 rings (SSSR count). The summed E-state index contributed by atoms with van der Waals surface area (Å²) in [5, 5.41) is 0. The molecule has 344 valence electrons. The van der Waals surface area contributed by atoms with E-state index in [1.807, 2.05) is 0 Å². The maximum atomic E-state index is 14.3. The first-order valence-electron chi connectivity index (χ1n) is 16.2. The van der Waals surface area contributed by atoms with Crippen LogP contribution in [0.2, 0.25) is 0 Å². The second kappa shape index (κ2) is 14.8. The number of halogens is 26. The summed E-state index contributed by atoms with van der Waals surface area (Å²) in [7, 11) is 0. The molecule has 27 heteroatoms. The highest BCUT2D eigenvalue weighted by Gasteiger charge is 2.92. The fraction of sp³-hybridized carbons (Fsp3) is 0.636. The van der Waals surface area contributed by atoms with Crippen molar-refractivity contribution >= 4 is 0 Å². The Balaban J connectivity index is 1.79. The fourth-order valence-electron chi connectivity index (χ4n) is 5.83. The average Bonchev–Trinajstić information content (AvgIpc) is 3.07. The summed E-state index contributed by atoms with van der Waals surface area (Å²) in [5.41, 5.74) is -1.51. The molecule has 1 nitrogen and oxygen atoms in total. The van der Waals surface area contributed by atoms with Crippen molar-refractivity contribution in [1.82, 2.24) is 0 Å². The van der Waals surface area contributed by atoms with Gasteiger partial charge in [0.1, 0.15) is 11.5 Å². The molecule has 0 unspecified atom stereocenters. The topological polar surface area (TPSA) is 9.23 Å². The van der Waals surface area contributed by atoms with Crippen LogP contribution in [0.3, 0.4) is 0 Å². The number of aryl methyl sites for hydroxylation is 2. The molecule has 0 atom stereocenters. The smallest absolute Gasteiger partial charge is 0.457 e. The van der Waals surface area contributed by atoms with Gasteiger partial charge in [-0.1, -0.05) is 38.1 Å². The molecule has 0 spiro atoms. The van der Waals surface area contributed by atoms with Crippen LogP contribution in [-0.2, 0) is 18.3 Å². The third-order valence-electron chi connectivity index (χ3n) is 9.56. The van der Waals surface area contributed by atoms with Gasteiger partial charge in [0.2, 0.25) is 0 Å². The van der Waals surface area contributed by atoms with Crippen LogP contribution in [0.4, 0.5) is 114 Å². The zero-order chi connectivity index (χ0) is 47.2. The first-order chi connectivity index (χ1) is 26.4. The second-order valence-corrected chi connectivity index (χ2v) is 14.1. The molecule has 2 aromatic rings. The molecule has 0 fully saturated rings. The summed E-state index contributed by atoms with van der Waals surface area (Å²) in [5.74, 6) is -75.6. The van der Waals surface area contributed by atoms with E-state index in [2.05, 4.69) is 0 Å². The van der Waals surface area contributed by atoms with E-state index < -0.39 is 116 Å². The molecule has 1 aliphatic rings. The Morgan fingerprint density at radius 3 is 0.917 bits per heavy atom. The standard InChI is InChI=1S/C33H24F26O/c1-21(2)17-13-15(5-3-11-22(34,35)24(38,39)26(42,43)28(46,47)30(50,51)32(54,55)56)7-9-19(17)60-20-10-8-16(14-18(20)21)6-4-12-23(36,37)25(40,41)27(44,45)29(48,49)31(52,53)33(57,58)59/h7-10,13-14H,3-6,11-12H2,1-2H3. The Morgan fingerprint density at radius 2 is 0.650 bits per heavy atom. The second-order valence-electron chi connectivity index (χ2n) is 14.1. The van der Waals surface area contributed by atoms with Crippen LogP contribution in [-0.4, -0.2) is 71.6 Å². The minimum Gasteiger partial charge on any atom is -0.457 e. The van der Waals surface area contributed by atoms with Crippen molar-refractivity contribution < 1.29 is 119 Å². The Labute approximate surface area is 319 Å². The van der Waals surface area contributed by atoms with Gasteiger partial charge >= 0.3 is 71.6 Å². The first-order valence-corrected chi connectivity index (χ1v) is 16.2. The van der Waals surface area contributed by atoms with Crippen LogP contribution < -0.4 is 4.74 Å². The quantitative estimate of drug-likeness (QED) is 0.152. The predicted molar refractivity (Wildman–Crippen MR) is 153 cm³/mol. The van der Waals surface area contributed by atoms with Crippen molar-refractivity contribution in [2.75, 3.05) is 0 Å². The Morgan fingerprint density at radius 1 is 0.383 bits per heavy atom. The number of fused-ring (bicyclic) bond motifs is 2. The molecule has 0 bridgehead atoms. The third-order valence-corrected chi connectivity index (χ3v) is 9.56. The largest absolute Gasteiger partial charge is 0.460 e. The van der Waals surface area contributed by atoms with Crippen LogP contribution in [0.25, 0.3) is 0 Å². The van der Waals surface area contributed by atoms with E-state index in [4.69, 9.17) is 4.74 Å². The lowest BCUT2D eigenvalue weighted by atomic mass is 9.74. The van der Waals surface area contributed by atoms with Gasteiger partial charge in [-0.05, 0) is 48.9 Å². The van der Waals surface area contributed by atoms with Gasteiger partial charge in [-0.25, -0.2) is 0 Å². The zero-order valence-electron chi connectivity index (χ0n) is 29.4. The highest BCUT2D eigenvalue weighted by molar-refractivity contribution is 5.58. The van der Waals surface area contributed by atoms with Crippen molar-refractivity contribution in [2.45, 2.75) is 129 Å². The molecule has 0 saturated heterocycles. The van der Waals surface area contributed by atoms with Gasteiger partial charge in [0.05, 0.1) is 0 Å². The Kier molecular flexibility index (Phi) is 12.5. The van der Waals surface area contributed by atoms with E-state index in [0.29, 0.717) is 0 Å². The lowest BCUT2D eigenvalue weighted by Crippen LogP contribution is -2.70. The number of benzene rings is 2. The molecule has 0 aliphatic carbocycles. The third kappa shape index (κ3) is 7.66. The van der Waals surface area contributed by atoms with Gasteiger partial charge < -0.3 is 4.74 Å². The van der Waals surface area contributed by atoms with E-state index in [0.717, 1.165) is 36.4 Å². The fourth-order valence-corrected chi connectivity index (χ4v) is 5.83. The number of hydrogen-bond donors (Lipinski definition) is 0. The molecular weight excluding hydrogens is 906 g/mol. The van der Waals surface area contributed by atoms with Crippen molar-refractivity contribution in [1.29, 1.82) is 0 Å². The normalized spacial score (nSPS) is 16.7. The molecule has 0 saturated carbocycles. The summed E-state index contributed by atoms with van der Waals surface area (Å²) < 4.78 is 355. The van der Waals surface area contributed by atoms with Crippen molar-refractivity contribution in [3.63, 3.8) is 0 Å². The molecule has 2 aromatic carbocycles. The van der Waals surface area contributed by atoms with Crippen LogP contribution >= 0.6 is 0 Å². The lowest BCUT2D eigenvalue weighted by molar-refractivity contribution is -0.440. The monoisotopic (exact) mass is 930 g/mol. The molecule has 0 radical (unpaired) electrons. The maximum Gasteiger partial charge on any atom is 0.460 e. The number of ether oxygens (including phenoxy) is 1. The van der Waals surface area contributed by atoms with E-state index in [9.17, 15) is 114 Å². The molecule has 0 N–H and O–H groups in total.